The molecule has 0 aliphatic heterocycles. The van der Waals surface area contributed by atoms with Gasteiger partial charge in [-0.2, -0.15) is 0 Å². The largest absolute Gasteiger partial charge is 0.381 e. The van der Waals surface area contributed by atoms with Gasteiger partial charge in [0, 0.05) is 19.4 Å². The zero-order chi connectivity index (χ0) is 12.2. The normalized spacial score (nSPS) is 24.4. The van der Waals surface area contributed by atoms with E-state index in [0.29, 0.717) is 32.5 Å². The van der Waals surface area contributed by atoms with Gasteiger partial charge in [-0.05, 0) is 25.2 Å². The summed E-state index contributed by atoms with van der Waals surface area (Å²) >= 11 is 0. The lowest BCUT2D eigenvalue weighted by Gasteiger charge is -2.33. The Kier molecular flexibility index (Phi) is 4.66. The summed E-state index contributed by atoms with van der Waals surface area (Å²) in [6, 6.07) is 0. The Balaban J connectivity index is 2.49. The van der Waals surface area contributed by atoms with Gasteiger partial charge in [-0.3, -0.25) is 9.59 Å². The van der Waals surface area contributed by atoms with Gasteiger partial charge in [-0.15, -0.1) is 0 Å². The predicted octanol–water partition coefficient (Wildman–Crippen LogP) is 2.38. The van der Waals surface area contributed by atoms with Crippen LogP contribution >= 0.6 is 0 Å². The van der Waals surface area contributed by atoms with Crippen LogP contribution < -0.4 is 0 Å². The van der Waals surface area contributed by atoms with Gasteiger partial charge >= 0.3 is 0 Å². The van der Waals surface area contributed by atoms with E-state index in [2.05, 4.69) is 13.8 Å². The standard InChI is InChI=1S/C13H22O3/c1-4-16-8-6-12(15)10-9-13(2,3)7-5-11(10)14/h10H,4-9H2,1-3H3. The number of rotatable bonds is 5. The fraction of sp³-hybridized carbons (Fsp3) is 0.846. The van der Waals surface area contributed by atoms with Crippen LogP contribution in [-0.2, 0) is 14.3 Å². The molecule has 0 aromatic heterocycles. The lowest BCUT2D eigenvalue weighted by Crippen LogP contribution is -2.35. The molecular formula is C13H22O3. The van der Waals surface area contributed by atoms with Crippen molar-refractivity contribution in [2.24, 2.45) is 11.3 Å². The van der Waals surface area contributed by atoms with Crippen molar-refractivity contribution in [3.63, 3.8) is 0 Å². The van der Waals surface area contributed by atoms with E-state index in [4.69, 9.17) is 4.74 Å². The zero-order valence-corrected chi connectivity index (χ0v) is 10.5. The fourth-order valence-corrected chi connectivity index (χ4v) is 2.19. The van der Waals surface area contributed by atoms with E-state index in [1.54, 1.807) is 0 Å². The molecule has 0 N–H and O–H groups in total. The lowest BCUT2D eigenvalue weighted by atomic mass is 9.70. The summed E-state index contributed by atoms with van der Waals surface area (Å²) in [5, 5.41) is 0. The van der Waals surface area contributed by atoms with Crippen LogP contribution in [-0.4, -0.2) is 24.8 Å². The second-order valence-electron chi connectivity index (χ2n) is 5.30. The molecule has 16 heavy (non-hydrogen) atoms. The van der Waals surface area contributed by atoms with Crippen LogP contribution in [0.25, 0.3) is 0 Å². The van der Waals surface area contributed by atoms with Crippen LogP contribution in [0.1, 0.15) is 46.5 Å². The third-order valence-corrected chi connectivity index (χ3v) is 3.28. The smallest absolute Gasteiger partial charge is 0.145 e. The van der Waals surface area contributed by atoms with Gasteiger partial charge in [0.15, 0.2) is 0 Å². The van der Waals surface area contributed by atoms with Crippen molar-refractivity contribution in [3.8, 4) is 0 Å². The SMILES string of the molecule is CCOCCC(=O)C1CC(C)(C)CCC1=O. The van der Waals surface area contributed by atoms with Crippen LogP contribution in [0.5, 0.6) is 0 Å². The number of ketones is 2. The molecule has 3 nitrogen and oxygen atoms in total. The van der Waals surface area contributed by atoms with Gasteiger partial charge in [0.2, 0.25) is 0 Å². The zero-order valence-electron chi connectivity index (χ0n) is 10.5. The molecule has 1 saturated carbocycles. The van der Waals surface area contributed by atoms with Crippen molar-refractivity contribution in [2.75, 3.05) is 13.2 Å². The quantitative estimate of drug-likeness (QED) is 0.534. The molecule has 0 spiro atoms. The molecule has 0 saturated heterocycles. The first kappa shape index (κ1) is 13.4. The van der Waals surface area contributed by atoms with Crippen LogP contribution in [0, 0.1) is 11.3 Å². The van der Waals surface area contributed by atoms with E-state index in [1.165, 1.54) is 0 Å². The van der Waals surface area contributed by atoms with E-state index in [0.717, 1.165) is 6.42 Å². The summed E-state index contributed by atoms with van der Waals surface area (Å²) in [5.41, 5.74) is 0.125. The molecule has 1 rings (SSSR count). The first-order valence-corrected chi connectivity index (χ1v) is 6.09. The summed E-state index contributed by atoms with van der Waals surface area (Å²) < 4.78 is 5.15. The Bertz CT molecular complexity index is 268. The average molecular weight is 226 g/mol. The number of carbonyl (C=O) groups is 2. The number of ether oxygens (including phenoxy) is 1. The minimum Gasteiger partial charge on any atom is -0.381 e. The van der Waals surface area contributed by atoms with Crippen molar-refractivity contribution in [1.29, 1.82) is 0 Å². The summed E-state index contributed by atoms with van der Waals surface area (Å²) in [7, 11) is 0. The number of hydrogen-bond donors (Lipinski definition) is 0. The average Bonchev–Trinajstić information content (AvgIpc) is 2.22. The first-order valence-electron chi connectivity index (χ1n) is 6.09. The maximum absolute atomic E-state index is 11.9. The van der Waals surface area contributed by atoms with Crippen LogP contribution in [0.2, 0.25) is 0 Å². The van der Waals surface area contributed by atoms with Crippen LogP contribution in [0.15, 0.2) is 0 Å². The van der Waals surface area contributed by atoms with Crippen molar-refractivity contribution in [3.05, 3.63) is 0 Å². The van der Waals surface area contributed by atoms with Gasteiger partial charge in [0.25, 0.3) is 0 Å². The van der Waals surface area contributed by atoms with Crippen molar-refractivity contribution in [1.82, 2.24) is 0 Å². The number of carbonyl (C=O) groups excluding carboxylic acids is 2. The molecule has 0 bridgehead atoms. The van der Waals surface area contributed by atoms with E-state index >= 15 is 0 Å². The van der Waals surface area contributed by atoms with Crippen molar-refractivity contribution < 1.29 is 14.3 Å². The number of hydrogen-bond acceptors (Lipinski definition) is 3. The highest BCUT2D eigenvalue weighted by Crippen LogP contribution is 2.37. The Morgan fingerprint density at radius 3 is 2.81 bits per heavy atom. The molecule has 1 atom stereocenters. The predicted molar refractivity (Wildman–Crippen MR) is 62.2 cm³/mol. The molecule has 3 heteroatoms. The summed E-state index contributed by atoms with van der Waals surface area (Å²) in [4.78, 5) is 23.6. The summed E-state index contributed by atoms with van der Waals surface area (Å²) in [5.74, 6) is -0.184. The minimum absolute atomic E-state index is 0.0613. The Morgan fingerprint density at radius 2 is 2.19 bits per heavy atom. The second-order valence-corrected chi connectivity index (χ2v) is 5.30. The van der Waals surface area contributed by atoms with Crippen LogP contribution in [0.4, 0.5) is 0 Å². The first-order chi connectivity index (χ1) is 7.46. The number of Topliss-reactive ketones (excluding diaryl/α,β-unsaturated/α-hetero) is 2. The fourth-order valence-electron chi connectivity index (χ4n) is 2.19. The molecule has 0 amide bonds. The molecule has 1 aliphatic rings. The van der Waals surface area contributed by atoms with E-state index in [-0.39, 0.29) is 22.9 Å². The topological polar surface area (TPSA) is 43.4 Å². The molecule has 0 heterocycles. The third-order valence-electron chi connectivity index (χ3n) is 3.28. The molecule has 92 valence electrons. The molecule has 1 aliphatic carbocycles. The molecule has 1 unspecified atom stereocenters. The van der Waals surface area contributed by atoms with Crippen LogP contribution in [0.3, 0.4) is 0 Å². The monoisotopic (exact) mass is 226 g/mol. The molecule has 0 aromatic carbocycles. The Morgan fingerprint density at radius 1 is 1.50 bits per heavy atom. The minimum atomic E-state index is -0.371. The van der Waals surface area contributed by atoms with Gasteiger partial charge in [0.1, 0.15) is 11.6 Å². The van der Waals surface area contributed by atoms with E-state index < -0.39 is 0 Å². The molecule has 1 fully saturated rings. The maximum atomic E-state index is 11.9. The van der Waals surface area contributed by atoms with E-state index in [1.807, 2.05) is 6.92 Å². The van der Waals surface area contributed by atoms with Gasteiger partial charge < -0.3 is 4.74 Å². The Labute approximate surface area is 97.5 Å². The lowest BCUT2D eigenvalue weighted by molar-refractivity contribution is -0.137. The summed E-state index contributed by atoms with van der Waals surface area (Å²) in [6.07, 6.45) is 2.54. The van der Waals surface area contributed by atoms with E-state index in [9.17, 15) is 9.59 Å². The Hall–Kier alpha value is -0.700. The van der Waals surface area contributed by atoms with Gasteiger partial charge in [-0.25, -0.2) is 0 Å². The van der Waals surface area contributed by atoms with Gasteiger partial charge in [-0.1, -0.05) is 13.8 Å². The highest BCUT2D eigenvalue weighted by atomic mass is 16.5. The second kappa shape index (κ2) is 5.58. The van der Waals surface area contributed by atoms with Crippen molar-refractivity contribution >= 4 is 11.6 Å². The highest BCUT2D eigenvalue weighted by molar-refractivity contribution is 6.02. The van der Waals surface area contributed by atoms with Gasteiger partial charge in [0.05, 0.1) is 12.5 Å². The summed E-state index contributed by atoms with van der Waals surface area (Å²) in [6.45, 7) is 7.22. The molecular weight excluding hydrogens is 204 g/mol. The van der Waals surface area contributed by atoms with Crippen molar-refractivity contribution in [2.45, 2.75) is 46.5 Å². The third kappa shape index (κ3) is 3.71. The maximum Gasteiger partial charge on any atom is 0.145 e. The molecule has 0 aromatic rings. The molecule has 0 radical (unpaired) electrons. The highest BCUT2D eigenvalue weighted by Gasteiger charge is 2.37.